The van der Waals surface area contributed by atoms with Gasteiger partial charge >= 0.3 is 0 Å². The van der Waals surface area contributed by atoms with Crippen LogP contribution in [0.5, 0.6) is 0 Å². The predicted octanol–water partition coefficient (Wildman–Crippen LogP) is 1.09. The number of hydrogen-bond acceptors (Lipinski definition) is 3. The number of aliphatic hydroxyl groups excluding tert-OH is 1. The maximum atomic E-state index is 11.7. The fraction of sp³-hybridized carbons (Fsp3) is 0.909. The van der Waals surface area contributed by atoms with Crippen molar-refractivity contribution in [2.75, 3.05) is 6.54 Å². The van der Waals surface area contributed by atoms with Crippen LogP contribution in [0.3, 0.4) is 0 Å². The van der Waals surface area contributed by atoms with Gasteiger partial charge in [0.2, 0.25) is 5.91 Å². The van der Waals surface area contributed by atoms with E-state index in [2.05, 4.69) is 0 Å². The van der Waals surface area contributed by atoms with Gasteiger partial charge in [-0.2, -0.15) is 0 Å². The molecule has 1 N–H and O–H groups in total. The molecular weight excluding hydrogens is 194 g/mol. The first kappa shape index (κ1) is 10.9. The van der Waals surface area contributed by atoms with Crippen molar-refractivity contribution in [1.29, 1.82) is 0 Å². The molecule has 1 heterocycles. The molecule has 2 fully saturated rings. The Bertz CT molecular complexity index is 263. The number of aliphatic hydroxyl groups is 1. The summed E-state index contributed by atoms with van der Waals surface area (Å²) in [6.45, 7) is 3.95. The van der Waals surface area contributed by atoms with E-state index in [-0.39, 0.29) is 18.1 Å². The van der Waals surface area contributed by atoms with Crippen LogP contribution in [0.25, 0.3) is 0 Å². The Kier molecular flexibility index (Phi) is 2.73. The van der Waals surface area contributed by atoms with E-state index < -0.39 is 6.10 Å². The van der Waals surface area contributed by atoms with E-state index in [0.29, 0.717) is 12.3 Å². The van der Waals surface area contributed by atoms with Crippen LogP contribution in [-0.4, -0.2) is 34.3 Å². The molecule has 15 heavy (non-hydrogen) atoms. The molecule has 1 aliphatic heterocycles. The predicted molar refractivity (Wildman–Crippen MR) is 54.8 cm³/mol. The largest absolute Gasteiger partial charge is 0.391 e. The maximum Gasteiger partial charge on any atom is 0.249 e. The lowest BCUT2D eigenvalue weighted by Crippen LogP contribution is -2.40. The zero-order valence-electron chi connectivity index (χ0n) is 9.40. The minimum absolute atomic E-state index is 0.00491. The summed E-state index contributed by atoms with van der Waals surface area (Å²) in [7, 11) is 0. The topological polar surface area (TPSA) is 49.8 Å². The number of carbonyl (C=O) groups is 1. The maximum absolute atomic E-state index is 11.7. The second kappa shape index (κ2) is 3.76. The molecule has 1 saturated heterocycles. The van der Waals surface area contributed by atoms with E-state index >= 15 is 0 Å². The summed E-state index contributed by atoms with van der Waals surface area (Å²) in [5.74, 6) is 0.519. The Morgan fingerprint density at radius 2 is 2.33 bits per heavy atom. The molecule has 86 valence electrons. The van der Waals surface area contributed by atoms with Crippen molar-refractivity contribution in [2.24, 2.45) is 5.92 Å². The number of carbonyl (C=O) groups excluding carboxylic acids is 1. The van der Waals surface area contributed by atoms with E-state index in [1.807, 2.05) is 6.92 Å². The highest BCUT2D eigenvalue weighted by molar-refractivity contribution is 5.78. The van der Waals surface area contributed by atoms with Crippen LogP contribution in [0, 0.1) is 5.92 Å². The third kappa shape index (κ3) is 2.01. The Morgan fingerprint density at radius 1 is 1.67 bits per heavy atom. The first-order chi connectivity index (χ1) is 7.01. The first-order valence-corrected chi connectivity index (χ1v) is 5.69. The Morgan fingerprint density at radius 3 is 2.80 bits per heavy atom. The quantitative estimate of drug-likeness (QED) is 0.763. The number of rotatable bonds is 3. The van der Waals surface area contributed by atoms with Crippen LogP contribution in [0.1, 0.15) is 39.5 Å². The van der Waals surface area contributed by atoms with E-state index in [4.69, 9.17) is 4.84 Å². The summed E-state index contributed by atoms with van der Waals surface area (Å²) in [5.41, 5.74) is -0.315. The number of hydrogen-bond donors (Lipinski definition) is 1. The standard InChI is InChI=1S/C11H19NO3/c1-8(13)7-12-10(14)6-11(2,15-12)9-4-3-5-9/h8-9,13H,3-7H2,1-2H3. The molecular formula is C11H19NO3. The highest BCUT2D eigenvalue weighted by Crippen LogP contribution is 2.43. The van der Waals surface area contributed by atoms with E-state index in [9.17, 15) is 9.90 Å². The van der Waals surface area contributed by atoms with Crippen molar-refractivity contribution in [2.45, 2.75) is 51.2 Å². The SMILES string of the molecule is CC(O)CN1OC(C)(C2CCC2)CC1=O. The van der Waals surface area contributed by atoms with Crippen LogP contribution in [0.4, 0.5) is 0 Å². The van der Waals surface area contributed by atoms with Crippen LogP contribution in [0.2, 0.25) is 0 Å². The molecule has 2 atom stereocenters. The number of β-amino-alcohol motifs (C(OH)–C–C–N with tert-alkyl or cyclic N) is 1. The van der Waals surface area contributed by atoms with Gasteiger partial charge in [-0.3, -0.25) is 9.63 Å². The van der Waals surface area contributed by atoms with Crippen molar-refractivity contribution >= 4 is 5.91 Å². The lowest BCUT2D eigenvalue weighted by Gasteiger charge is -2.38. The number of amides is 1. The average Bonchev–Trinajstić information content (AvgIpc) is 2.21. The lowest BCUT2D eigenvalue weighted by atomic mass is 9.72. The zero-order valence-corrected chi connectivity index (χ0v) is 9.40. The molecule has 2 rings (SSSR count). The van der Waals surface area contributed by atoms with Gasteiger partial charge in [0, 0.05) is 0 Å². The molecule has 2 aliphatic rings. The van der Waals surface area contributed by atoms with Crippen LogP contribution in [-0.2, 0) is 9.63 Å². The average molecular weight is 213 g/mol. The van der Waals surface area contributed by atoms with Gasteiger partial charge in [-0.25, -0.2) is 5.06 Å². The lowest BCUT2D eigenvalue weighted by molar-refractivity contribution is -0.221. The Labute approximate surface area is 90.2 Å². The first-order valence-electron chi connectivity index (χ1n) is 5.69. The summed E-state index contributed by atoms with van der Waals surface area (Å²) in [6, 6.07) is 0. The summed E-state index contributed by atoms with van der Waals surface area (Å²) < 4.78 is 0. The van der Waals surface area contributed by atoms with Crippen LogP contribution >= 0.6 is 0 Å². The van der Waals surface area contributed by atoms with Crippen LogP contribution < -0.4 is 0 Å². The molecule has 4 heteroatoms. The van der Waals surface area contributed by atoms with Gasteiger partial charge in [0.05, 0.1) is 19.1 Å². The van der Waals surface area contributed by atoms with Gasteiger partial charge < -0.3 is 5.11 Å². The third-order valence-corrected chi connectivity index (χ3v) is 3.50. The van der Waals surface area contributed by atoms with Crippen molar-refractivity contribution in [1.82, 2.24) is 5.06 Å². The molecule has 0 aromatic heterocycles. The van der Waals surface area contributed by atoms with Gasteiger partial charge in [0.1, 0.15) is 5.60 Å². The second-order valence-electron chi connectivity index (χ2n) is 5.01. The highest BCUT2D eigenvalue weighted by atomic mass is 16.7. The minimum Gasteiger partial charge on any atom is -0.391 e. The fourth-order valence-electron chi connectivity index (χ4n) is 2.34. The van der Waals surface area contributed by atoms with Crippen molar-refractivity contribution in [3.05, 3.63) is 0 Å². The molecule has 0 bridgehead atoms. The number of nitrogens with zero attached hydrogens (tertiary/aromatic N) is 1. The zero-order chi connectivity index (χ0) is 11.1. The fourth-order valence-corrected chi connectivity index (χ4v) is 2.34. The monoisotopic (exact) mass is 213 g/mol. The van der Waals surface area contributed by atoms with Gasteiger partial charge in [-0.05, 0) is 32.6 Å². The molecule has 0 aromatic carbocycles. The van der Waals surface area contributed by atoms with Gasteiger partial charge in [0.15, 0.2) is 0 Å². The van der Waals surface area contributed by atoms with Crippen molar-refractivity contribution < 1.29 is 14.7 Å². The summed E-state index contributed by atoms with van der Waals surface area (Å²) in [4.78, 5) is 17.4. The Hall–Kier alpha value is -0.610. The van der Waals surface area contributed by atoms with Crippen molar-refractivity contribution in [3.63, 3.8) is 0 Å². The Balaban J connectivity index is 1.98. The molecule has 0 spiro atoms. The number of hydroxylamine groups is 2. The van der Waals surface area contributed by atoms with Crippen LogP contribution in [0.15, 0.2) is 0 Å². The van der Waals surface area contributed by atoms with E-state index in [0.717, 1.165) is 12.8 Å². The smallest absolute Gasteiger partial charge is 0.249 e. The molecule has 1 amide bonds. The van der Waals surface area contributed by atoms with Gasteiger partial charge in [-0.1, -0.05) is 6.42 Å². The molecule has 0 radical (unpaired) electrons. The molecule has 1 aliphatic carbocycles. The summed E-state index contributed by atoms with van der Waals surface area (Å²) >= 11 is 0. The minimum atomic E-state index is -0.530. The third-order valence-electron chi connectivity index (χ3n) is 3.50. The van der Waals surface area contributed by atoms with Gasteiger partial charge in [0.25, 0.3) is 0 Å². The molecule has 1 saturated carbocycles. The molecule has 0 aromatic rings. The van der Waals surface area contributed by atoms with Gasteiger partial charge in [-0.15, -0.1) is 0 Å². The highest BCUT2D eigenvalue weighted by Gasteiger charge is 2.48. The summed E-state index contributed by atoms with van der Waals surface area (Å²) in [5, 5.41) is 10.6. The summed E-state index contributed by atoms with van der Waals surface area (Å²) in [6.07, 6.45) is 3.50. The van der Waals surface area contributed by atoms with E-state index in [1.165, 1.54) is 11.5 Å². The van der Waals surface area contributed by atoms with Crippen molar-refractivity contribution in [3.8, 4) is 0 Å². The second-order valence-corrected chi connectivity index (χ2v) is 5.01. The normalized spacial score (nSPS) is 34.3. The molecule has 4 nitrogen and oxygen atoms in total. The molecule has 2 unspecified atom stereocenters. The van der Waals surface area contributed by atoms with E-state index in [1.54, 1.807) is 6.92 Å².